The van der Waals surface area contributed by atoms with Gasteiger partial charge in [-0.1, -0.05) is 19.3 Å². The molecule has 0 saturated heterocycles. The molecular formula is C13H26N2OS. The van der Waals surface area contributed by atoms with Crippen LogP contribution in [0.25, 0.3) is 0 Å². The standard InChI is InChI=1S/C13H26N2OS/c1-3-15(12-7-5-4-6-8-12)13(16)10-17-9-11(2)14/h11-12H,3-10,14H2,1-2H3. The zero-order valence-electron chi connectivity index (χ0n) is 11.2. The first-order valence-corrected chi connectivity index (χ1v) is 7.93. The molecule has 4 heteroatoms. The fraction of sp³-hybridized carbons (Fsp3) is 0.923. The summed E-state index contributed by atoms with van der Waals surface area (Å²) in [7, 11) is 0. The van der Waals surface area contributed by atoms with Gasteiger partial charge in [0.2, 0.25) is 5.91 Å². The highest BCUT2D eigenvalue weighted by Gasteiger charge is 2.23. The minimum absolute atomic E-state index is 0.178. The minimum Gasteiger partial charge on any atom is -0.339 e. The van der Waals surface area contributed by atoms with Crippen molar-refractivity contribution in [1.82, 2.24) is 4.90 Å². The van der Waals surface area contributed by atoms with Crippen molar-refractivity contribution in [1.29, 1.82) is 0 Å². The molecule has 0 radical (unpaired) electrons. The van der Waals surface area contributed by atoms with E-state index in [4.69, 9.17) is 5.73 Å². The van der Waals surface area contributed by atoms with Gasteiger partial charge >= 0.3 is 0 Å². The quantitative estimate of drug-likeness (QED) is 0.795. The molecule has 1 aliphatic carbocycles. The topological polar surface area (TPSA) is 46.3 Å². The molecule has 2 N–H and O–H groups in total. The van der Waals surface area contributed by atoms with Crippen LogP contribution in [0, 0.1) is 0 Å². The van der Waals surface area contributed by atoms with Crippen molar-refractivity contribution in [3.05, 3.63) is 0 Å². The lowest BCUT2D eigenvalue weighted by Crippen LogP contribution is -2.42. The highest BCUT2D eigenvalue weighted by atomic mass is 32.2. The highest BCUT2D eigenvalue weighted by Crippen LogP contribution is 2.23. The maximum absolute atomic E-state index is 12.1. The summed E-state index contributed by atoms with van der Waals surface area (Å²) in [6.07, 6.45) is 6.28. The van der Waals surface area contributed by atoms with E-state index in [0.29, 0.717) is 17.7 Å². The number of carbonyl (C=O) groups excluding carboxylic acids is 1. The maximum atomic E-state index is 12.1. The number of rotatable bonds is 6. The van der Waals surface area contributed by atoms with Crippen LogP contribution in [0.15, 0.2) is 0 Å². The first kappa shape index (κ1) is 14.8. The molecule has 1 amide bonds. The molecule has 17 heavy (non-hydrogen) atoms. The molecule has 1 fully saturated rings. The fourth-order valence-electron chi connectivity index (χ4n) is 2.45. The van der Waals surface area contributed by atoms with E-state index < -0.39 is 0 Å². The number of hydrogen-bond acceptors (Lipinski definition) is 3. The van der Waals surface area contributed by atoms with Gasteiger partial charge in [0.05, 0.1) is 5.75 Å². The average Bonchev–Trinajstić information content (AvgIpc) is 2.31. The van der Waals surface area contributed by atoms with Crippen molar-refractivity contribution in [2.24, 2.45) is 5.73 Å². The zero-order chi connectivity index (χ0) is 12.7. The molecule has 0 aromatic heterocycles. The molecule has 1 atom stereocenters. The van der Waals surface area contributed by atoms with E-state index in [9.17, 15) is 4.79 Å². The molecule has 0 aliphatic heterocycles. The van der Waals surface area contributed by atoms with Gasteiger partial charge < -0.3 is 10.6 Å². The van der Waals surface area contributed by atoms with Gasteiger partial charge in [-0.15, -0.1) is 0 Å². The first-order valence-electron chi connectivity index (χ1n) is 6.78. The van der Waals surface area contributed by atoms with Crippen molar-refractivity contribution in [2.75, 3.05) is 18.1 Å². The van der Waals surface area contributed by atoms with Gasteiger partial charge in [0.25, 0.3) is 0 Å². The Labute approximate surface area is 109 Å². The van der Waals surface area contributed by atoms with Crippen LogP contribution in [0.5, 0.6) is 0 Å². The summed E-state index contributed by atoms with van der Waals surface area (Å²) in [5, 5.41) is 0. The van der Waals surface area contributed by atoms with Gasteiger partial charge in [-0.25, -0.2) is 0 Å². The Hall–Kier alpha value is -0.220. The van der Waals surface area contributed by atoms with Gasteiger partial charge in [0.15, 0.2) is 0 Å². The molecule has 0 heterocycles. The fourth-order valence-corrected chi connectivity index (χ4v) is 3.28. The van der Waals surface area contributed by atoms with Crippen molar-refractivity contribution in [3.8, 4) is 0 Å². The van der Waals surface area contributed by atoms with Crippen LogP contribution in [0.4, 0.5) is 0 Å². The van der Waals surface area contributed by atoms with E-state index in [0.717, 1.165) is 12.3 Å². The van der Waals surface area contributed by atoms with Crippen LogP contribution in [-0.2, 0) is 4.79 Å². The molecule has 0 spiro atoms. The average molecular weight is 258 g/mol. The monoisotopic (exact) mass is 258 g/mol. The molecule has 0 aromatic rings. The van der Waals surface area contributed by atoms with Crippen LogP contribution >= 0.6 is 11.8 Å². The number of thioether (sulfide) groups is 1. The van der Waals surface area contributed by atoms with Crippen LogP contribution in [0.3, 0.4) is 0 Å². The van der Waals surface area contributed by atoms with Crippen LogP contribution < -0.4 is 5.73 Å². The lowest BCUT2D eigenvalue weighted by atomic mass is 9.94. The van der Waals surface area contributed by atoms with E-state index >= 15 is 0 Å². The molecule has 1 saturated carbocycles. The second kappa shape index (κ2) is 7.98. The van der Waals surface area contributed by atoms with Crippen molar-refractivity contribution >= 4 is 17.7 Å². The second-order valence-corrected chi connectivity index (χ2v) is 5.99. The Bertz CT molecular complexity index is 227. The summed E-state index contributed by atoms with van der Waals surface area (Å²) < 4.78 is 0. The van der Waals surface area contributed by atoms with Gasteiger partial charge in [0.1, 0.15) is 0 Å². The summed E-state index contributed by atoms with van der Waals surface area (Å²) in [4.78, 5) is 14.2. The normalized spacial score (nSPS) is 19.0. The molecule has 100 valence electrons. The summed E-state index contributed by atoms with van der Waals surface area (Å²) in [6, 6.07) is 0.676. The van der Waals surface area contributed by atoms with Crippen LogP contribution in [0.2, 0.25) is 0 Å². The Balaban J connectivity index is 2.34. The summed E-state index contributed by atoms with van der Waals surface area (Å²) in [5.74, 6) is 1.75. The van der Waals surface area contributed by atoms with Crippen molar-refractivity contribution in [3.63, 3.8) is 0 Å². The van der Waals surface area contributed by atoms with E-state index in [1.165, 1.54) is 32.1 Å². The number of amides is 1. The predicted octanol–water partition coefficient (Wildman–Crippen LogP) is 2.25. The van der Waals surface area contributed by atoms with Gasteiger partial charge in [-0.2, -0.15) is 11.8 Å². The largest absolute Gasteiger partial charge is 0.339 e. The Morgan fingerprint density at radius 1 is 1.41 bits per heavy atom. The number of nitrogens with zero attached hydrogens (tertiary/aromatic N) is 1. The number of nitrogens with two attached hydrogens (primary N) is 1. The van der Waals surface area contributed by atoms with Crippen molar-refractivity contribution < 1.29 is 4.79 Å². The van der Waals surface area contributed by atoms with E-state index in [1.54, 1.807) is 11.8 Å². The maximum Gasteiger partial charge on any atom is 0.232 e. The molecule has 0 aromatic carbocycles. The Morgan fingerprint density at radius 3 is 2.59 bits per heavy atom. The third-order valence-electron chi connectivity index (χ3n) is 3.28. The van der Waals surface area contributed by atoms with Gasteiger partial charge in [-0.3, -0.25) is 4.79 Å². The smallest absolute Gasteiger partial charge is 0.232 e. The van der Waals surface area contributed by atoms with Crippen LogP contribution in [0.1, 0.15) is 46.0 Å². The van der Waals surface area contributed by atoms with Gasteiger partial charge in [-0.05, 0) is 26.7 Å². The van der Waals surface area contributed by atoms with E-state index in [2.05, 4.69) is 11.8 Å². The van der Waals surface area contributed by atoms with E-state index in [1.807, 2.05) is 6.92 Å². The highest BCUT2D eigenvalue weighted by molar-refractivity contribution is 7.99. The number of carbonyl (C=O) groups is 1. The second-order valence-electron chi connectivity index (χ2n) is 4.96. The molecule has 1 aliphatic rings. The Morgan fingerprint density at radius 2 is 2.06 bits per heavy atom. The van der Waals surface area contributed by atoms with Gasteiger partial charge in [0, 0.05) is 24.4 Å². The summed E-state index contributed by atoms with van der Waals surface area (Å²) in [6.45, 7) is 4.92. The molecule has 3 nitrogen and oxygen atoms in total. The lowest BCUT2D eigenvalue weighted by molar-refractivity contribution is -0.131. The molecule has 1 rings (SSSR count). The summed E-state index contributed by atoms with van der Waals surface area (Å²) >= 11 is 1.66. The minimum atomic E-state index is 0.178. The Kier molecular flexibility index (Phi) is 6.97. The van der Waals surface area contributed by atoms with E-state index in [-0.39, 0.29) is 6.04 Å². The zero-order valence-corrected chi connectivity index (χ0v) is 12.0. The summed E-state index contributed by atoms with van der Waals surface area (Å²) in [5.41, 5.74) is 5.68. The van der Waals surface area contributed by atoms with Crippen LogP contribution in [-0.4, -0.2) is 40.9 Å². The molecule has 0 bridgehead atoms. The van der Waals surface area contributed by atoms with Crippen molar-refractivity contribution in [2.45, 2.75) is 58.0 Å². The SMILES string of the molecule is CCN(C(=O)CSCC(C)N)C1CCCCC1. The molecular weight excluding hydrogens is 232 g/mol. The first-order chi connectivity index (χ1) is 8.15. The predicted molar refractivity (Wildman–Crippen MR) is 75.2 cm³/mol. The lowest BCUT2D eigenvalue weighted by Gasteiger charge is -2.33. The molecule has 1 unspecified atom stereocenters. The third-order valence-corrected chi connectivity index (χ3v) is 4.50. The number of hydrogen-bond donors (Lipinski definition) is 1. The third kappa shape index (κ3) is 5.30.